The standard InChI is InChI=1S/C12H22N2S/c1-5-9(2)11(4)14-8-10(3)12-13-6-7-15-12/h6-7,9-11,14H,5,8H2,1-4H3. The third-order valence-corrected chi connectivity index (χ3v) is 4.12. The van der Waals surface area contributed by atoms with Crippen molar-refractivity contribution in [2.24, 2.45) is 5.92 Å². The normalized spacial score (nSPS) is 17.3. The molecule has 15 heavy (non-hydrogen) atoms. The van der Waals surface area contributed by atoms with Crippen LogP contribution in [0, 0.1) is 5.92 Å². The Kier molecular flexibility index (Phi) is 5.26. The van der Waals surface area contributed by atoms with E-state index in [9.17, 15) is 0 Å². The van der Waals surface area contributed by atoms with Crippen LogP contribution in [-0.2, 0) is 0 Å². The first-order valence-corrected chi connectivity index (χ1v) is 6.65. The van der Waals surface area contributed by atoms with Crippen LogP contribution in [0.1, 0.15) is 45.0 Å². The van der Waals surface area contributed by atoms with Gasteiger partial charge in [-0.1, -0.05) is 27.2 Å². The molecular formula is C12H22N2S. The summed E-state index contributed by atoms with van der Waals surface area (Å²) in [5, 5.41) is 6.87. The number of nitrogens with zero attached hydrogens (tertiary/aromatic N) is 1. The molecule has 0 saturated heterocycles. The van der Waals surface area contributed by atoms with Crippen molar-refractivity contribution in [3.63, 3.8) is 0 Å². The Labute approximate surface area is 97.1 Å². The molecule has 0 aliphatic rings. The van der Waals surface area contributed by atoms with E-state index in [4.69, 9.17) is 0 Å². The Morgan fingerprint density at radius 1 is 1.40 bits per heavy atom. The van der Waals surface area contributed by atoms with Crippen molar-refractivity contribution in [1.82, 2.24) is 10.3 Å². The zero-order valence-electron chi connectivity index (χ0n) is 10.2. The summed E-state index contributed by atoms with van der Waals surface area (Å²) >= 11 is 1.75. The van der Waals surface area contributed by atoms with E-state index in [1.54, 1.807) is 11.3 Å². The molecule has 0 fully saturated rings. The minimum absolute atomic E-state index is 0.525. The number of thiazole rings is 1. The lowest BCUT2D eigenvalue weighted by molar-refractivity contribution is 0.383. The summed E-state index contributed by atoms with van der Waals surface area (Å²) in [6, 6.07) is 0.595. The fourth-order valence-electron chi connectivity index (χ4n) is 1.48. The number of aromatic nitrogens is 1. The summed E-state index contributed by atoms with van der Waals surface area (Å²) in [4.78, 5) is 4.34. The quantitative estimate of drug-likeness (QED) is 0.805. The molecule has 0 aliphatic carbocycles. The van der Waals surface area contributed by atoms with Crippen molar-refractivity contribution in [1.29, 1.82) is 0 Å². The molecule has 0 amide bonds. The number of nitrogens with one attached hydrogen (secondary N) is 1. The first-order chi connectivity index (χ1) is 7.15. The topological polar surface area (TPSA) is 24.9 Å². The predicted molar refractivity (Wildman–Crippen MR) is 67.4 cm³/mol. The number of hydrogen-bond acceptors (Lipinski definition) is 3. The van der Waals surface area contributed by atoms with Crippen molar-refractivity contribution in [3.8, 4) is 0 Å². The maximum Gasteiger partial charge on any atom is 0.0965 e. The fraction of sp³-hybridized carbons (Fsp3) is 0.750. The minimum Gasteiger partial charge on any atom is -0.313 e. The lowest BCUT2D eigenvalue weighted by Crippen LogP contribution is -2.34. The van der Waals surface area contributed by atoms with Crippen LogP contribution in [0.4, 0.5) is 0 Å². The molecule has 0 aromatic carbocycles. The molecule has 3 atom stereocenters. The molecule has 1 N–H and O–H groups in total. The third kappa shape index (κ3) is 3.92. The summed E-state index contributed by atoms with van der Waals surface area (Å²) in [6.07, 6.45) is 3.12. The SMILES string of the molecule is CCC(C)C(C)NCC(C)c1nccs1. The van der Waals surface area contributed by atoms with Gasteiger partial charge in [0, 0.05) is 30.1 Å². The van der Waals surface area contributed by atoms with Gasteiger partial charge in [-0.15, -0.1) is 11.3 Å². The highest BCUT2D eigenvalue weighted by Gasteiger charge is 2.12. The predicted octanol–water partition coefficient (Wildman–Crippen LogP) is 3.27. The zero-order chi connectivity index (χ0) is 11.3. The highest BCUT2D eigenvalue weighted by molar-refractivity contribution is 7.09. The van der Waals surface area contributed by atoms with E-state index in [0.717, 1.165) is 12.5 Å². The van der Waals surface area contributed by atoms with E-state index in [1.807, 2.05) is 11.6 Å². The fourth-order valence-corrected chi connectivity index (χ4v) is 2.18. The molecule has 0 saturated carbocycles. The maximum atomic E-state index is 4.34. The van der Waals surface area contributed by atoms with Crippen molar-refractivity contribution in [3.05, 3.63) is 16.6 Å². The van der Waals surface area contributed by atoms with E-state index < -0.39 is 0 Å². The van der Waals surface area contributed by atoms with Crippen LogP contribution in [0.25, 0.3) is 0 Å². The molecule has 2 nitrogen and oxygen atoms in total. The van der Waals surface area contributed by atoms with Gasteiger partial charge >= 0.3 is 0 Å². The summed E-state index contributed by atoms with van der Waals surface area (Å²) in [7, 11) is 0. The second-order valence-corrected chi connectivity index (χ2v) is 5.28. The molecule has 0 spiro atoms. The van der Waals surface area contributed by atoms with Gasteiger partial charge in [-0.3, -0.25) is 0 Å². The van der Waals surface area contributed by atoms with Gasteiger partial charge in [-0.25, -0.2) is 4.98 Å². The van der Waals surface area contributed by atoms with E-state index in [0.29, 0.717) is 12.0 Å². The van der Waals surface area contributed by atoms with Crippen LogP contribution in [-0.4, -0.2) is 17.6 Å². The molecule has 1 aromatic rings. The molecule has 3 heteroatoms. The lowest BCUT2D eigenvalue weighted by Gasteiger charge is -2.21. The van der Waals surface area contributed by atoms with Crippen LogP contribution in [0.2, 0.25) is 0 Å². The molecule has 1 heterocycles. The van der Waals surface area contributed by atoms with Crippen LogP contribution in [0.5, 0.6) is 0 Å². The largest absolute Gasteiger partial charge is 0.313 e. The van der Waals surface area contributed by atoms with Gasteiger partial charge in [0.05, 0.1) is 5.01 Å². The Morgan fingerprint density at radius 2 is 2.13 bits per heavy atom. The van der Waals surface area contributed by atoms with Gasteiger partial charge < -0.3 is 5.32 Å². The Balaban J connectivity index is 2.31. The zero-order valence-corrected chi connectivity index (χ0v) is 11.0. The highest BCUT2D eigenvalue weighted by Crippen LogP contribution is 2.17. The Morgan fingerprint density at radius 3 is 2.67 bits per heavy atom. The number of hydrogen-bond donors (Lipinski definition) is 1. The molecule has 1 aromatic heterocycles. The second-order valence-electron chi connectivity index (χ2n) is 4.35. The van der Waals surface area contributed by atoms with Crippen LogP contribution >= 0.6 is 11.3 Å². The van der Waals surface area contributed by atoms with E-state index in [-0.39, 0.29) is 0 Å². The van der Waals surface area contributed by atoms with Crippen molar-refractivity contribution < 1.29 is 0 Å². The lowest BCUT2D eigenvalue weighted by atomic mass is 10.0. The van der Waals surface area contributed by atoms with Gasteiger partial charge in [0.1, 0.15) is 0 Å². The van der Waals surface area contributed by atoms with Gasteiger partial charge in [0.25, 0.3) is 0 Å². The summed E-state index contributed by atoms with van der Waals surface area (Å²) in [6.45, 7) is 10.1. The Hall–Kier alpha value is -0.410. The molecule has 86 valence electrons. The molecule has 0 aliphatic heterocycles. The molecule has 0 bridgehead atoms. The average molecular weight is 226 g/mol. The number of rotatable bonds is 6. The van der Waals surface area contributed by atoms with Gasteiger partial charge in [-0.2, -0.15) is 0 Å². The van der Waals surface area contributed by atoms with Gasteiger partial charge in [-0.05, 0) is 12.8 Å². The van der Waals surface area contributed by atoms with Crippen molar-refractivity contribution >= 4 is 11.3 Å². The second kappa shape index (κ2) is 6.23. The maximum absolute atomic E-state index is 4.34. The third-order valence-electron chi connectivity index (χ3n) is 3.12. The van der Waals surface area contributed by atoms with Crippen LogP contribution in [0.3, 0.4) is 0 Å². The molecule has 0 radical (unpaired) electrons. The monoisotopic (exact) mass is 226 g/mol. The van der Waals surface area contributed by atoms with Crippen LogP contribution in [0.15, 0.2) is 11.6 Å². The summed E-state index contributed by atoms with van der Waals surface area (Å²) < 4.78 is 0. The minimum atomic E-state index is 0.525. The van der Waals surface area contributed by atoms with Crippen molar-refractivity contribution in [2.75, 3.05) is 6.54 Å². The first kappa shape index (κ1) is 12.7. The van der Waals surface area contributed by atoms with Gasteiger partial charge in [0.15, 0.2) is 0 Å². The van der Waals surface area contributed by atoms with E-state index in [1.165, 1.54) is 11.4 Å². The highest BCUT2D eigenvalue weighted by atomic mass is 32.1. The average Bonchev–Trinajstić information content (AvgIpc) is 2.77. The molecular weight excluding hydrogens is 204 g/mol. The Bertz CT molecular complexity index is 259. The smallest absolute Gasteiger partial charge is 0.0965 e. The van der Waals surface area contributed by atoms with E-state index >= 15 is 0 Å². The summed E-state index contributed by atoms with van der Waals surface area (Å²) in [5.41, 5.74) is 0. The molecule has 1 rings (SSSR count). The summed E-state index contributed by atoms with van der Waals surface area (Å²) in [5.74, 6) is 1.27. The first-order valence-electron chi connectivity index (χ1n) is 5.77. The molecule has 3 unspecified atom stereocenters. The van der Waals surface area contributed by atoms with Crippen LogP contribution < -0.4 is 5.32 Å². The van der Waals surface area contributed by atoms with E-state index in [2.05, 4.69) is 38.0 Å². The van der Waals surface area contributed by atoms with Crippen molar-refractivity contribution in [2.45, 2.75) is 46.1 Å². The van der Waals surface area contributed by atoms with Gasteiger partial charge in [0.2, 0.25) is 0 Å².